The smallest absolute Gasteiger partial charge is 0.0768 e. The first kappa shape index (κ1) is 12.9. The van der Waals surface area contributed by atoms with E-state index in [1.54, 1.807) is 6.07 Å². The van der Waals surface area contributed by atoms with Crippen LogP contribution in [0.3, 0.4) is 0 Å². The number of hydrogen-bond acceptors (Lipinski definition) is 2. The fourth-order valence-electron chi connectivity index (χ4n) is 2.26. The van der Waals surface area contributed by atoms with Crippen LogP contribution in [0.25, 0.3) is 10.8 Å². The Morgan fingerprint density at radius 3 is 2.20 bits per heavy atom. The van der Waals surface area contributed by atoms with Crippen molar-refractivity contribution in [3.63, 3.8) is 0 Å². The Labute approximate surface area is 119 Å². The molecule has 0 amide bonds. The number of benzene rings is 3. The zero-order valence-corrected chi connectivity index (χ0v) is 11.8. The number of fused-ring (bicyclic) bond motifs is 1. The lowest BCUT2D eigenvalue weighted by atomic mass is 10.1. The molecule has 0 saturated carbocycles. The third kappa shape index (κ3) is 2.58. The van der Waals surface area contributed by atoms with E-state index < -0.39 is 9.73 Å². The van der Waals surface area contributed by atoms with Gasteiger partial charge in [0.1, 0.15) is 0 Å². The molecule has 0 heterocycles. The van der Waals surface area contributed by atoms with E-state index in [0.29, 0.717) is 4.90 Å². The summed E-state index contributed by atoms with van der Waals surface area (Å²) < 4.78 is 20.9. The Bertz CT molecular complexity index is 839. The average molecular weight is 281 g/mol. The minimum Gasteiger partial charge on any atom is -0.249 e. The fraction of sp³-hybridized carbons (Fsp3) is 0.0588. The van der Waals surface area contributed by atoms with Crippen LogP contribution < -0.4 is 0 Å². The molecule has 0 aromatic heterocycles. The zero-order valence-electron chi connectivity index (χ0n) is 11.0. The molecule has 0 spiro atoms. The first-order chi connectivity index (χ1) is 9.65. The van der Waals surface area contributed by atoms with Gasteiger partial charge in [0.2, 0.25) is 0 Å². The molecule has 3 aromatic carbocycles. The molecule has 0 bridgehead atoms. The molecular formula is C17H15NOS. The van der Waals surface area contributed by atoms with Gasteiger partial charge in [-0.15, -0.1) is 0 Å². The Morgan fingerprint density at radius 1 is 0.800 bits per heavy atom. The van der Waals surface area contributed by atoms with Crippen molar-refractivity contribution in [1.29, 1.82) is 4.78 Å². The number of nitrogens with one attached hydrogen (secondary N) is 1. The highest BCUT2D eigenvalue weighted by molar-refractivity contribution is 7.91. The molecule has 0 aliphatic heterocycles. The third-order valence-electron chi connectivity index (χ3n) is 3.31. The van der Waals surface area contributed by atoms with Crippen molar-refractivity contribution in [2.75, 3.05) is 0 Å². The molecule has 1 N–H and O–H groups in total. The molecular weight excluding hydrogens is 266 g/mol. The van der Waals surface area contributed by atoms with Crippen LogP contribution in [0.4, 0.5) is 0 Å². The molecule has 0 radical (unpaired) electrons. The normalized spacial score (nSPS) is 14.0. The highest BCUT2D eigenvalue weighted by Gasteiger charge is 2.11. The summed E-state index contributed by atoms with van der Waals surface area (Å²) in [5.74, 6) is 0.256. The maximum atomic E-state index is 12.7. The molecule has 2 nitrogen and oxygen atoms in total. The Balaban J connectivity index is 2.01. The minimum absolute atomic E-state index is 0.256. The van der Waals surface area contributed by atoms with E-state index in [-0.39, 0.29) is 5.75 Å². The Kier molecular flexibility index (Phi) is 3.28. The largest absolute Gasteiger partial charge is 0.249 e. The lowest BCUT2D eigenvalue weighted by Gasteiger charge is -2.09. The molecule has 0 saturated heterocycles. The van der Waals surface area contributed by atoms with Crippen molar-refractivity contribution in [3.05, 3.63) is 78.4 Å². The molecule has 100 valence electrons. The number of hydrogen-bond donors (Lipinski definition) is 1. The van der Waals surface area contributed by atoms with Gasteiger partial charge in [0, 0.05) is 4.90 Å². The van der Waals surface area contributed by atoms with Gasteiger partial charge in [0.05, 0.1) is 15.5 Å². The molecule has 0 fully saturated rings. The predicted molar refractivity (Wildman–Crippen MR) is 83.2 cm³/mol. The summed E-state index contributed by atoms with van der Waals surface area (Å²) >= 11 is 0. The molecule has 20 heavy (non-hydrogen) atoms. The Morgan fingerprint density at radius 2 is 1.45 bits per heavy atom. The van der Waals surface area contributed by atoms with E-state index in [4.69, 9.17) is 4.78 Å². The highest BCUT2D eigenvalue weighted by Crippen LogP contribution is 2.22. The van der Waals surface area contributed by atoms with Gasteiger partial charge in [-0.05, 0) is 28.5 Å². The second kappa shape index (κ2) is 5.10. The molecule has 0 aliphatic carbocycles. The van der Waals surface area contributed by atoms with Gasteiger partial charge in [-0.1, -0.05) is 60.7 Å². The summed E-state index contributed by atoms with van der Waals surface area (Å²) in [5, 5.41) is 2.13. The molecule has 1 unspecified atom stereocenters. The van der Waals surface area contributed by atoms with Gasteiger partial charge in [-0.3, -0.25) is 0 Å². The van der Waals surface area contributed by atoms with Crippen molar-refractivity contribution in [2.45, 2.75) is 10.6 Å². The van der Waals surface area contributed by atoms with Crippen molar-refractivity contribution >= 4 is 20.5 Å². The number of rotatable bonds is 3. The van der Waals surface area contributed by atoms with Gasteiger partial charge >= 0.3 is 0 Å². The molecule has 3 rings (SSSR count). The van der Waals surface area contributed by atoms with Crippen LogP contribution in [0.2, 0.25) is 0 Å². The van der Waals surface area contributed by atoms with E-state index in [9.17, 15) is 4.21 Å². The first-order valence-corrected chi connectivity index (χ1v) is 8.17. The van der Waals surface area contributed by atoms with Crippen molar-refractivity contribution in [3.8, 4) is 0 Å². The van der Waals surface area contributed by atoms with E-state index in [0.717, 1.165) is 16.3 Å². The second-order valence-corrected chi connectivity index (χ2v) is 6.92. The summed E-state index contributed by atoms with van der Waals surface area (Å²) in [6.45, 7) is 0. The van der Waals surface area contributed by atoms with Crippen LogP contribution in [-0.2, 0) is 15.5 Å². The minimum atomic E-state index is -2.80. The van der Waals surface area contributed by atoms with Crippen molar-refractivity contribution in [1.82, 2.24) is 0 Å². The second-order valence-electron chi connectivity index (χ2n) is 4.81. The van der Waals surface area contributed by atoms with Crippen LogP contribution in [0.1, 0.15) is 5.56 Å². The van der Waals surface area contributed by atoms with Gasteiger partial charge in [-0.2, -0.15) is 0 Å². The molecule has 0 aliphatic rings. The van der Waals surface area contributed by atoms with Gasteiger partial charge in [0.25, 0.3) is 0 Å². The van der Waals surface area contributed by atoms with Gasteiger partial charge < -0.3 is 0 Å². The predicted octanol–water partition coefficient (Wildman–Crippen LogP) is 4.45. The third-order valence-corrected chi connectivity index (χ3v) is 5.07. The van der Waals surface area contributed by atoms with Crippen molar-refractivity contribution in [2.24, 2.45) is 0 Å². The molecule has 1 atom stereocenters. The monoisotopic (exact) mass is 281 g/mol. The molecule has 3 heteroatoms. The average Bonchev–Trinajstić information content (AvgIpc) is 2.47. The van der Waals surface area contributed by atoms with Crippen LogP contribution in [0, 0.1) is 4.78 Å². The summed E-state index contributed by atoms with van der Waals surface area (Å²) in [6.07, 6.45) is 0. The fourth-order valence-corrected chi connectivity index (χ4v) is 3.70. The summed E-state index contributed by atoms with van der Waals surface area (Å²) in [4.78, 5) is 0.597. The SMILES string of the molecule is N=S(=O)(Cc1ccccc1)c1ccc2ccccc2c1. The molecule has 3 aromatic rings. The van der Waals surface area contributed by atoms with E-state index in [1.165, 1.54) is 0 Å². The van der Waals surface area contributed by atoms with Crippen LogP contribution in [0.15, 0.2) is 77.7 Å². The van der Waals surface area contributed by atoms with E-state index in [1.807, 2.05) is 66.7 Å². The summed E-state index contributed by atoms with van der Waals surface area (Å²) in [7, 11) is -2.80. The first-order valence-electron chi connectivity index (χ1n) is 6.44. The van der Waals surface area contributed by atoms with Crippen LogP contribution >= 0.6 is 0 Å². The summed E-state index contributed by atoms with van der Waals surface area (Å²) in [6, 6.07) is 23.1. The van der Waals surface area contributed by atoms with E-state index >= 15 is 0 Å². The van der Waals surface area contributed by atoms with E-state index in [2.05, 4.69) is 0 Å². The maximum Gasteiger partial charge on any atom is 0.0768 e. The Hall–Kier alpha value is -2.13. The van der Waals surface area contributed by atoms with Crippen LogP contribution in [-0.4, -0.2) is 4.21 Å². The lowest BCUT2D eigenvalue weighted by molar-refractivity contribution is 0.674. The van der Waals surface area contributed by atoms with Crippen molar-refractivity contribution < 1.29 is 4.21 Å². The lowest BCUT2D eigenvalue weighted by Crippen LogP contribution is -2.03. The van der Waals surface area contributed by atoms with Crippen LogP contribution in [0.5, 0.6) is 0 Å². The standard InChI is InChI=1S/C17H15NOS/c18-20(19,13-14-6-2-1-3-7-14)17-11-10-15-8-4-5-9-16(15)12-17/h1-12,18H,13H2. The van der Waals surface area contributed by atoms with Gasteiger partial charge in [0.15, 0.2) is 0 Å². The topological polar surface area (TPSA) is 40.9 Å². The highest BCUT2D eigenvalue weighted by atomic mass is 32.2. The zero-order chi connectivity index (χ0) is 14.0. The maximum absolute atomic E-state index is 12.7. The van der Waals surface area contributed by atoms with Gasteiger partial charge in [-0.25, -0.2) is 8.99 Å². The summed E-state index contributed by atoms with van der Waals surface area (Å²) in [5.41, 5.74) is 0.931. The quantitative estimate of drug-likeness (QED) is 0.757.